The molecule has 0 radical (unpaired) electrons. The van der Waals surface area contributed by atoms with Gasteiger partial charge in [0.1, 0.15) is 12.2 Å². The van der Waals surface area contributed by atoms with Crippen molar-refractivity contribution in [2.45, 2.75) is 25.9 Å². The van der Waals surface area contributed by atoms with Crippen molar-refractivity contribution in [3.8, 4) is 0 Å². The SMILES string of the molecule is Brc1cc(CNC[C@@H]2CCc3nncn3C2)cs1. The minimum Gasteiger partial charge on any atom is -0.317 e. The molecule has 2 aromatic heterocycles. The third kappa shape index (κ3) is 2.81. The van der Waals surface area contributed by atoms with Crippen LogP contribution in [0.25, 0.3) is 0 Å². The van der Waals surface area contributed by atoms with Crippen molar-refractivity contribution in [1.29, 1.82) is 0 Å². The van der Waals surface area contributed by atoms with Crippen LogP contribution in [0, 0.1) is 5.92 Å². The highest BCUT2D eigenvalue weighted by Crippen LogP contribution is 2.21. The van der Waals surface area contributed by atoms with Crippen molar-refractivity contribution in [2.75, 3.05) is 6.54 Å². The van der Waals surface area contributed by atoms with E-state index in [4.69, 9.17) is 0 Å². The predicted octanol–water partition coefficient (Wildman–Crippen LogP) is 2.45. The molecule has 0 saturated heterocycles. The van der Waals surface area contributed by atoms with Gasteiger partial charge in [-0.05, 0) is 51.8 Å². The van der Waals surface area contributed by atoms with E-state index < -0.39 is 0 Å². The van der Waals surface area contributed by atoms with E-state index in [0.29, 0.717) is 5.92 Å². The first-order valence-electron chi connectivity index (χ1n) is 6.11. The molecule has 1 atom stereocenters. The molecule has 0 saturated carbocycles. The summed E-state index contributed by atoms with van der Waals surface area (Å²) in [5, 5.41) is 13.8. The predicted molar refractivity (Wildman–Crippen MR) is 75.6 cm³/mol. The summed E-state index contributed by atoms with van der Waals surface area (Å²) in [4.78, 5) is 0. The molecule has 0 spiro atoms. The van der Waals surface area contributed by atoms with Gasteiger partial charge in [0.25, 0.3) is 0 Å². The van der Waals surface area contributed by atoms with Crippen LogP contribution in [0.15, 0.2) is 21.6 Å². The Morgan fingerprint density at radius 1 is 1.56 bits per heavy atom. The van der Waals surface area contributed by atoms with Crippen LogP contribution >= 0.6 is 27.3 Å². The molecular formula is C12H15BrN4S. The lowest BCUT2D eigenvalue weighted by atomic mass is 9.99. The van der Waals surface area contributed by atoms with E-state index in [1.807, 2.05) is 6.33 Å². The Morgan fingerprint density at radius 2 is 2.50 bits per heavy atom. The lowest BCUT2D eigenvalue weighted by molar-refractivity contribution is 0.347. The Labute approximate surface area is 119 Å². The van der Waals surface area contributed by atoms with Crippen LogP contribution in [0.3, 0.4) is 0 Å². The van der Waals surface area contributed by atoms with E-state index in [9.17, 15) is 0 Å². The smallest absolute Gasteiger partial charge is 0.132 e. The summed E-state index contributed by atoms with van der Waals surface area (Å²) < 4.78 is 3.38. The standard InChI is InChI=1S/C12H15BrN4S/c13-11-3-10(7-18-11)5-14-4-9-1-2-12-16-15-8-17(12)6-9/h3,7-9,14H,1-2,4-6H2/t9-/m0/s1. The number of rotatable bonds is 4. The maximum atomic E-state index is 4.11. The highest BCUT2D eigenvalue weighted by molar-refractivity contribution is 9.11. The summed E-state index contributed by atoms with van der Waals surface area (Å²) in [6, 6.07) is 2.18. The van der Waals surface area contributed by atoms with Gasteiger partial charge < -0.3 is 9.88 Å². The van der Waals surface area contributed by atoms with Crippen molar-refractivity contribution in [3.63, 3.8) is 0 Å². The Balaban J connectivity index is 1.47. The van der Waals surface area contributed by atoms with Crippen molar-refractivity contribution in [3.05, 3.63) is 32.9 Å². The van der Waals surface area contributed by atoms with Gasteiger partial charge in [-0.3, -0.25) is 0 Å². The minimum absolute atomic E-state index is 0.690. The van der Waals surface area contributed by atoms with Crippen LogP contribution in [-0.2, 0) is 19.5 Å². The number of thiophene rings is 1. The van der Waals surface area contributed by atoms with Crippen LogP contribution in [0.1, 0.15) is 17.8 Å². The fourth-order valence-electron chi connectivity index (χ4n) is 2.35. The van der Waals surface area contributed by atoms with Gasteiger partial charge in [0, 0.05) is 19.5 Å². The first-order chi connectivity index (χ1) is 8.81. The summed E-state index contributed by atoms with van der Waals surface area (Å²) >= 11 is 5.23. The third-order valence-electron chi connectivity index (χ3n) is 3.31. The molecule has 96 valence electrons. The van der Waals surface area contributed by atoms with Crippen molar-refractivity contribution in [2.24, 2.45) is 5.92 Å². The lowest BCUT2D eigenvalue weighted by Crippen LogP contribution is -2.29. The van der Waals surface area contributed by atoms with Gasteiger partial charge in [-0.15, -0.1) is 21.5 Å². The normalized spacial score (nSPS) is 18.8. The Morgan fingerprint density at radius 3 is 3.33 bits per heavy atom. The van der Waals surface area contributed by atoms with Crippen molar-refractivity contribution < 1.29 is 0 Å². The Hall–Kier alpha value is -0.720. The summed E-state index contributed by atoms with van der Waals surface area (Å²) in [5.41, 5.74) is 1.35. The zero-order valence-electron chi connectivity index (χ0n) is 9.97. The van der Waals surface area contributed by atoms with Gasteiger partial charge in [-0.2, -0.15) is 0 Å². The lowest BCUT2D eigenvalue weighted by Gasteiger charge is -2.23. The first-order valence-corrected chi connectivity index (χ1v) is 7.79. The number of fused-ring (bicyclic) bond motifs is 1. The molecule has 0 bridgehead atoms. The second kappa shape index (κ2) is 5.50. The number of aryl methyl sites for hydroxylation is 1. The molecule has 3 heterocycles. The van der Waals surface area contributed by atoms with Crippen LogP contribution in [0.5, 0.6) is 0 Å². The molecule has 0 amide bonds. The number of nitrogens with zero attached hydrogens (tertiary/aromatic N) is 3. The van der Waals surface area contributed by atoms with E-state index in [2.05, 4.69) is 47.5 Å². The zero-order valence-corrected chi connectivity index (χ0v) is 12.4. The molecule has 3 rings (SSSR count). The average Bonchev–Trinajstić information content (AvgIpc) is 2.97. The highest BCUT2D eigenvalue weighted by atomic mass is 79.9. The van der Waals surface area contributed by atoms with Crippen molar-refractivity contribution >= 4 is 27.3 Å². The maximum absolute atomic E-state index is 4.11. The monoisotopic (exact) mass is 326 g/mol. The van der Waals surface area contributed by atoms with E-state index in [1.165, 1.54) is 15.8 Å². The second-order valence-corrected chi connectivity index (χ2v) is 6.98. The number of aromatic nitrogens is 3. The van der Waals surface area contributed by atoms with Gasteiger partial charge >= 0.3 is 0 Å². The van der Waals surface area contributed by atoms with E-state index >= 15 is 0 Å². The summed E-state index contributed by atoms with van der Waals surface area (Å²) in [6.07, 6.45) is 4.10. The van der Waals surface area contributed by atoms with Gasteiger partial charge in [0.05, 0.1) is 3.79 Å². The van der Waals surface area contributed by atoms with Gasteiger partial charge in [-0.1, -0.05) is 0 Å². The van der Waals surface area contributed by atoms with Crippen LogP contribution < -0.4 is 5.32 Å². The number of hydrogen-bond acceptors (Lipinski definition) is 4. The highest BCUT2D eigenvalue weighted by Gasteiger charge is 2.18. The topological polar surface area (TPSA) is 42.7 Å². The van der Waals surface area contributed by atoms with Gasteiger partial charge in [0.2, 0.25) is 0 Å². The quantitative estimate of drug-likeness (QED) is 0.938. The molecule has 4 nitrogen and oxygen atoms in total. The molecule has 1 N–H and O–H groups in total. The second-order valence-electron chi connectivity index (χ2n) is 4.69. The molecule has 2 aromatic rings. The number of nitrogens with one attached hydrogen (secondary N) is 1. The maximum Gasteiger partial charge on any atom is 0.132 e. The first kappa shape index (κ1) is 12.3. The number of halogens is 1. The average molecular weight is 327 g/mol. The van der Waals surface area contributed by atoms with E-state index in [1.54, 1.807) is 11.3 Å². The van der Waals surface area contributed by atoms with Crippen LogP contribution in [0.4, 0.5) is 0 Å². The molecule has 6 heteroatoms. The number of hydrogen-bond donors (Lipinski definition) is 1. The van der Waals surface area contributed by atoms with Gasteiger partial charge in [-0.25, -0.2) is 0 Å². The molecule has 1 aliphatic heterocycles. The van der Waals surface area contributed by atoms with E-state index in [0.717, 1.165) is 31.9 Å². The largest absolute Gasteiger partial charge is 0.317 e. The molecule has 0 aliphatic carbocycles. The Kier molecular flexibility index (Phi) is 3.77. The molecule has 18 heavy (non-hydrogen) atoms. The van der Waals surface area contributed by atoms with Crippen LogP contribution in [0.2, 0.25) is 0 Å². The fraction of sp³-hybridized carbons (Fsp3) is 0.500. The Bertz CT molecular complexity index is 522. The summed E-state index contributed by atoms with van der Waals surface area (Å²) in [5.74, 6) is 1.82. The summed E-state index contributed by atoms with van der Waals surface area (Å²) in [6.45, 7) is 3.06. The third-order valence-corrected chi connectivity index (χ3v) is 4.86. The molecule has 0 aromatic carbocycles. The molecule has 0 fully saturated rings. The summed E-state index contributed by atoms with van der Waals surface area (Å²) in [7, 11) is 0. The molecular weight excluding hydrogens is 312 g/mol. The van der Waals surface area contributed by atoms with Gasteiger partial charge in [0.15, 0.2) is 0 Å². The minimum atomic E-state index is 0.690. The van der Waals surface area contributed by atoms with Crippen molar-refractivity contribution in [1.82, 2.24) is 20.1 Å². The van der Waals surface area contributed by atoms with E-state index in [-0.39, 0.29) is 0 Å². The fourth-order valence-corrected chi connectivity index (χ4v) is 3.56. The molecule has 1 aliphatic rings. The van der Waals surface area contributed by atoms with Crippen LogP contribution in [-0.4, -0.2) is 21.3 Å². The zero-order chi connectivity index (χ0) is 12.4. The molecule has 0 unspecified atom stereocenters.